The predicted molar refractivity (Wildman–Crippen MR) is 99.0 cm³/mol. The van der Waals surface area contributed by atoms with Crippen molar-refractivity contribution in [3.63, 3.8) is 0 Å². The van der Waals surface area contributed by atoms with Crippen LogP contribution in [0.2, 0.25) is 0 Å². The summed E-state index contributed by atoms with van der Waals surface area (Å²) < 4.78 is 0. The smallest absolute Gasteiger partial charge is 0.0659 e. The third-order valence-electron chi connectivity index (χ3n) is 7.19. The molecule has 2 heteroatoms. The molecule has 4 fully saturated rings. The van der Waals surface area contributed by atoms with E-state index < -0.39 is 0 Å². The van der Waals surface area contributed by atoms with Crippen LogP contribution in [0, 0.1) is 24.2 Å². The number of rotatable bonds is 5. The van der Waals surface area contributed by atoms with Crippen molar-refractivity contribution in [2.45, 2.75) is 83.4 Å². The van der Waals surface area contributed by atoms with Gasteiger partial charge in [0.1, 0.15) is 0 Å². The molecule has 0 unspecified atom stereocenters. The number of aliphatic hydroxyl groups is 1. The van der Waals surface area contributed by atoms with Crippen LogP contribution in [0.5, 0.6) is 0 Å². The van der Waals surface area contributed by atoms with Crippen molar-refractivity contribution in [1.29, 1.82) is 0 Å². The minimum atomic E-state index is -0.347. The first-order valence-electron chi connectivity index (χ1n) is 9.90. The quantitative estimate of drug-likeness (QED) is 0.848. The molecule has 1 aromatic carbocycles. The highest BCUT2D eigenvalue weighted by Crippen LogP contribution is 2.62. The van der Waals surface area contributed by atoms with Gasteiger partial charge in [0.15, 0.2) is 0 Å². The Kier molecular flexibility index (Phi) is 4.04. The summed E-state index contributed by atoms with van der Waals surface area (Å²) in [5, 5.41) is 14.9. The van der Waals surface area contributed by atoms with Crippen LogP contribution in [-0.2, 0) is 6.42 Å². The van der Waals surface area contributed by atoms with Gasteiger partial charge in [-0.05, 0) is 88.5 Å². The molecule has 0 heterocycles. The monoisotopic (exact) mass is 327 g/mol. The van der Waals surface area contributed by atoms with Crippen molar-refractivity contribution in [2.75, 3.05) is 0 Å². The van der Waals surface area contributed by atoms with Crippen molar-refractivity contribution < 1.29 is 5.11 Å². The minimum Gasteiger partial charge on any atom is -0.390 e. The summed E-state index contributed by atoms with van der Waals surface area (Å²) >= 11 is 0. The second-order valence-corrected chi connectivity index (χ2v) is 9.53. The fraction of sp³-hybridized carbons (Fsp3) is 0.727. The van der Waals surface area contributed by atoms with Gasteiger partial charge in [0.05, 0.1) is 5.60 Å². The summed E-state index contributed by atoms with van der Waals surface area (Å²) in [6, 6.07) is 9.90. The lowest BCUT2D eigenvalue weighted by Crippen LogP contribution is -2.62. The van der Waals surface area contributed by atoms with E-state index in [1.165, 1.54) is 30.4 Å². The molecule has 0 amide bonds. The van der Waals surface area contributed by atoms with Crippen LogP contribution < -0.4 is 5.32 Å². The minimum absolute atomic E-state index is 0.334. The molecule has 4 aliphatic carbocycles. The van der Waals surface area contributed by atoms with Crippen molar-refractivity contribution in [1.82, 2.24) is 5.32 Å². The van der Waals surface area contributed by atoms with Crippen LogP contribution in [0.4, 0.5) is 0 Å². The van der Waals surface area contributed by atoms with Crippen LogP contribution in [0.1, 0.15) is 63.5 Å². The number of benzene rings is 1. The number of nitrogens with one attached hydrogen (secondary N) is 1. The van der Waals surface area contributed by atoms with E-state index in [0.717, 1.165) is 37.5 Å². The first kappa shape index (κ1) is 16.6. The molecule has 2 N–H and O–H groups in total. The molecule has 0 aliphatic heterocycles. The molecule has 132 valence electrons. The molecule has 4 bridgehead atoms. The maximum absolute atomic E-state index is 11.0. The lowest BCUT2D eigenvalue weighted by atomic mass is 9.46. The molecular weight excluding hydrogens is 294 g/mol. The Morgan fingerprint density at radius 2 is 1.71 bits per heavy atom. The van der Waals surface area contributed by atoms with E-state index in [1.54, 1.807) is 0 Å². The van der Waals surface area contributed by atoms with Gasteiger partial charge in [0.2, 0.25) is 0 Å². The van der Waals surface area contributed by atoms with E-state index in [9.17, 15) is 5.11 Å². The van der Waals surface area contributed by atoms with Gasteiger partial charge in [0, 0.05) is 12.1 Å². The maximum atomic E-state index is 11.0. The van der Waals surface area contributed by atoms with Gasteiger partial charge < -0.3 is 10.4 Å². The molecule has 2 nitrogen and oxygen atoms in total. The average Bonchev–Trinajstić information content (AvgIpc) is 2.47. The Hall–Kier alpha value is -0.860. The number of aryl methyl sites for hydroxylation is 1. The van der Waals surface area contributed by atoms with E-state index in [2.05, 4.69) is 50.4 Å². The fourth-order valence-electron chi connectivity index (χ4n) is 6.53. The van der Waals surface area contributed by atoms with E-state index in [4.69, 9.17) is 0 Å². The molecule has 1 aromatic rings. The first-order valence-corrected chi connectivity index (χ1v) is 9.90. The van der Waals surface area contributed by atoms with Crippen molar-refractivity contribution in [3.05, 3.63) is 35.4 Å². The SMILES string of the molecule is Cc1ccc(C[C@@H](C)N[C@H](C)C23C[C@@H]4C[C@H](CC(O)(C4)C2)C3)cc1. The summed E-state index contributed by atoms with van der Waals surface area (Å²) in [5.74, 6) is 1.54. The largest absolute Gasteiger partial charge is 0.390 e. The summed E-state index contributed by atoms with van der Waals surface area (Å²) in [7, 11) is 0. The lowest BCUT2D eigenvalue weighted by molar-refractivity contribution is -0.172. The summed E-state index contributed by atoms with van der Waals surface area (Å²) in [6.45, 7) is 6.83. The summed E-state index contributed by atoms with van der Waals surface area (Å²) in [6.07, 6.45) is 8.27. The number of hydrogen-bond donors (Lipinski definition) is 2. The lowest BCUT2D eigenvalue weighted by Gasteiger charge is -2.62. The summed E-state index contributed by atoms with van der Waals surface area (Å²) in [4.78, 5) is 0. The second kappa shape index (κ2) is 5.85. The zero-order chi connectivity index (χ0) is 16.9. The predicted octanol–water partition coefficient (Wildman–Crippen LogP) is 4.24. The first-order chi connectivity index (χ1) is 11.4. The van der Waals surface area contributed by atoms with Gasteiger partial charge in [-0.25, -0.2) is 0 Å². The molecule has 4 atom stereocenters. The fourth-order valence-corrected chi connectivity index (χ4v) is 6.53. The molecule has 4 saturated carbocycles. The average molecular weight is 328 g/mol. The van der Waals surface area contributed by atoms with Crippen molar-refractivity contribution in [3.8, 4) is 0 Å². The van der Waals surface area contributed by atoms with Gasteiger partial charge in [-0.2, -0.15) is 0 Å². The molecule has 0 saturated heterocycles. The van der Waals surface area contributed by atoms with Gasteiger partial charge in [-0.3, -0.25) is 0 Å². The molecular formula is C22H33NO. The van der Waals surface area contributed by atoms with Gasteiger partial charge in [-0.15, -0.1) is 0 Å². The molecule has 5 rings (SSSR count). The maximum Gasteiger partial charge on any atom is 0.0659 e. The zero-order valence-electron chi connectivity index (χ0n) is 15.5. The topological polar surface area (TPSA) is 32.3 Å². The highest BCUT2D eigenvalue weighted by molar-refractivity contribution is 5.22. The molecule has 4 aliphatic rings. The molecule has 0 spiro atoms. The van der Waals surface area contributed by atoms with Gasteiger partial charge in [0.25, 0.3) is 0 Å². The Bertz CT molecular complexity index is 578. The standard InChI is InChI=1S/C22H33NO/c1-15-4-6-18(7-5-15)8-16(2)23-17(3)21-10-19-9-20(11-21)13-22(24,12-19)14-21/h4-7,16-17,19-20,23-24H,8-14H2,1-3H3/t16-,17-,19+,20+,21?,22?/m1/s1. The molecule has 24 heavy (non-hydrogen) atoms. The van der Waals surface area contributed by atoms with Crippen LogP contribution in [0.25, 0.3) is 0 Å². The van der Waals surface area contributed by atoms with Crippen molar-refractivity contribution >= 4 is 0 Å². The third-order valence-corrected chi connectivity index (χ3v) is 7.19. The van der Waals surface area contributed by atoms with Gasteiger partial charge >= 0.3 is 0 Å². The van der Waals surface area contributed by atoms with E-state index >= 15 is 0 Å². The third kappa shape index (κ3) is 3.04. The normalized spacial score (nSPS) is 39.8. The Morgan fingerprint density at radius 3 is 2.29 bits per heavy atom. The Morgan fingerprint density at radius 1 is 1.08 bits per heavy atom. The van der Waals surface area contributed by atoms with Gasteiger partial charge in [-0.1, -0.05) is 29.8 Å². The Labute approximate surface area is 147 Å². The van der Waals surface area contributed by atoms with Crippen LogP contribution in [0.15, 0.2) is 24.3 Å². The second-order valence-electron chi connectivity index (χ2n) is 9.53. The molecule has 0 aromatic heterocycles. The Balaban J connectivity index is 1.42. The highest BCUT2D eigenvalue weighted by Gasteiger charge is 2.58. The van der Waals surface area contributed by atoms with Crippen LogP contribution in [-0.4, -0.2) is 22.8 Å². The zero-order valence-corrected chi connectivity index (χ0v) is 15.5. The van der Waals surface area contributed by atoms with E-state index in [-0.39, 0.29) is 5.60 Å². The van der Waals surface area contributed by atoms with Crippen LogP contribution >= 0.6 is 0 Å². The molecule has 0 radical (unpaired) electrons. The summed E-state index contributed by atoms with van der Waals surface area (Å²) in [5.41, 5.74) is 2.73. The van der Waals surface area contributed by atoms with E-state index in [1.807, 2.05) is 0 Å². The highest BCUT2D eigenvalue weighted by atomic mass is 16.3. The van der Waals surface area contributed by atoms with Crippen molar-refractivity contribution in [2.24, 2.45) is 17.3 Å². The van der Waals surface area contributed by atoms with Crippen LogP contribution in [0.3, 0.4) is 0 Å². The van der Waals surface area contributed by atoms with E-state index in [0.29, 0.717) is 17.5 Å². The number of hydrogen-bond acceptors (Lipinski definition) is 2.